The van der Waals surface area contributed by atoms with Crippen molar-refractivity contribution < 1.29 is 14.3 Å². The number of hydrazone groups is 1. The Kier molecular flexibility index (Phi) is 8.28. The summed E-state index contributed by atoms with van der Waals surface area (Å²) in [5.41, 5.74) is 4.27. The second-order valence-electron chi connectivity index (χ2n) is 5.12. The van der Waals surface area contributed by atoms with E-state index >= 15 is 0 Å². The lowest BCUT2D eigenvalue weighted by Gasteiger charge is -2.10. The topological polar surface area (TPSA) is 59.9 Å². The molecule has 0 radical (unpaired) electrons. The summed E-state index contributed by atoms with van der Waals surface area (Å²) in [6.07, 6.45) is 1.54. The minimum absolute atomic E-state index is 0.183. The lowest BCUT2D eigenvalue weighted by molar-refractivity contribution is -0.118. The van der Waals surface area contributed by atoms with Crippen molar-refractivity contribution in [2.45, 2.75) is 5.75 Å². The van der Waals surface area contributed by atoms with Crippen molar-refractivity contribution in [1.29, 1.82) is 0 Å². The predicted molar refractivity (Wildman–Crippen MR) is 111 cm³/mol. The molecule has 0 saturated heterocycles. The van der Waals surface area contributed by atoms with Crippen LogP contribution in [0.3, 0.4) is 0 Å². The molecule has 0 aliphatic carbocycles. The Morgan fingerprint density at radius 1 is 1.31 bits per heavy atom. The fourth-order valence-corrected chi connectivity index (χ4v) is 3.82. The molecule has 0 atom stereocenters. The number of amides is 1. The molecule has 2 rings (SSSR count). The van der Waals surface area contributed by atoms with E-state index in [0.717, 1.165) is 15.6 Å². The minimum Gasteiger partial charge on any atom is -0.493 e. The van der Waals surface area contributed by atoms with Crippen LogP contribution >= 0.6 is 39.3 Å². The second kappa shape index (κ2) is 10.4. The first kappa shape index (κ1) is 20.6. The molecule has 0 saturated carbocycles. The number of nitrogens with zero attached hydrogens (tertiary/aromatic N) is 1. The van der Waals surface area contributed by atoms with Gasteiger partial charge in [-0.1, -0.05) is 29.8 Å². The molecule has 0 fully saturated rings. The number of ether oxygens (including phenoxy) is 2. The van der Waals surface area contributed by atoms with Gasteiger partial charge in [0.05, 0.1) is 30.7 Å². The fraction of sp³-hybridized carbons (Fsp3) is 0.222. The molecule has 0 spiro atoms. The van der Waals surface area contributed by atoms with Gasteiger partial charge < -0.3 is 9.47 Å². The van der Waals surface area contributed by atoms with E-state index in [1.165, 1.54) is 11.8 Å². The lowest BCUT2D eigenvalue weighted by atomic mass is 10.2. The average molecular weight is 458 g/mol. The van der Waals surface area contributed by atoms with E-state index < -0.39 is 0 Å². The number of halogens is 2. The Labute approximate surface area is 170 Å². The van der Waals surface area contributed by atoms with Crippen LogP contribution in [0.5, 0.6) is 11.5 Å². The molecular weight excluding hydrogens is 440 g/mol. The van der Waals surface area contributed by atoms with Gasteiger partial charge in [-0.2, -0.15) is 5.10 Å². The minimum atomic E-state index is -0.183. The SMILES string of the molecule is COc1cc(/C=N\NC(=O)CSCc2ccccc2Cl)cc(Br)c1OC. The third-order valence-electron chi connectivity index (χ3n) is 3.31. The van der Waals surface area contributed by atoms with E-state index in [-0.39, 0.29) is 11.7 Å². The molecule has 1 N–H and O–H groups in total. The molecule has 0 aromatic heterocycles. The molecule has 0 heterocycles. The molecule has 2 aromatic carbocycles. The van der Waals surface area contributed by atoms with E-state index in [1.54, 1.807) is 26.5 Å². The highest BCUT2D eigenvalue weighted by Gasteiger charge is 2.09. The van der Waals surface area contributed by atoms with Gasteiger partial charge in [0, 0.05) is 10.8 Å². The predicted octanol–water partition coefficient (Wildman–Crippen LogP) is 4.50. The van der Waals surface area contributed by atoms with Crippen LogP contribution < -0.4 is 14.9 Å². The molecule has 1 amide bonds. The zero-order chi connectivity index (χ0) is 18.9. The Morgan fingerprint density at radius 2 is 2.08 bits per heavy atom. The molecule has 0 aliphatic heterocycles. The van der Waals surface area contributed by atoms with Crippen LogP contribution in [-0.2, 0) is 10.5 Å². The molecule has 2 aromatic rings. The molecule has 0 aliphatic rings. The van der Waals surface area contributed by atoms with Gasteiger partial charge in [0.1, 0.15) is 0 Å². The van der Waals surface area contributed by atoms with E-state index in [4.69, 9.17) is 21.1 Å². The fourth-order valence-electron chi connectivity index (χ4n) is 2.09. The Balaban J connectivity index is 1.85. The smallest absolute Gasteiger partial charge is 0.250 e. The summed E-state index contributed by atoms with van der Waals surface area (Å²) < 4.78 is 11.3. The van der Waals surface area contributed by atoms with Crippen LogP contribution in [0.25, 0.3) is 0 Å². The van der Waals surface area contributed by atoms with Gasteiger partial charge in [0.15, 0.2) is 11.5 Å². The third kappa shape index (κ3) is 5.93. The molecule has 5 nitrogen and oxygen atoms in total. The maximum absolute atomic E-state index is 11.9. The van der Waals surface area contributed by atoms with Gasteiger partial charge in [0.2, 0.25) is 5.91 Å². The van der Waals surface area contributed by atoms with Gasteiger partial charge in [-0.15, -0.1) is 11.8 Å². The van der Waals surface area contributed by atoms with Crippen LogP contribution in [-0.4, -0.2) is 32.1 Å². The summed E-state index contributed by atoms with van der Waals surface area (Å²) in [7, 11) is 3.13. The van der Waals surface area contributed by atoms with Gasteiger partial charge in [-0.3, -0.25) is 4.79 Å². The zero-order valence-electron chi connectivity index (χ0n) is 14.3. The maximum Gasteiger partial charge on any atom is 0.250 e. The molecular formula is C18H18BrClN2O3S. The number of nitrogens with one attached hydrogen (secondary N) is 1. The highest BCUT2D eigenvalue weighted by atomic mass is 79.9. The van der Waals surface area contributed by atoms with Crippen molar-refractivity contribution in [3.8, 4) is 11.5 Å². The van der Waals surface area contributed by atoms with Crippen molar-refractivity contribution in [2.75, 3.05) is 20.0 Å². The Morgan fingerprint density at radius 3 is 2.77 bits per heavy atom. The van der Waals surface area contributed by atoms with Crippen LogP contribution in [0.15, 0.2) is 46.0 Å². The lowest BCUT2D eigenvalue weighted by Crippen LogP contribution is -2.19. The van der Waals surface area contributed by atoms with E-state index in [9.17, 15) is 4.79 Å². The molecule has 0 bridgehead atoms. The number of hydrogen-bond acceptors (Lipinski definition) is 5. The Bertz CT molecular complexity index is 802. The first-order chi connectivity index (χ1) is 12.5. The van der Waals surface area contributed by atoms with Crippen molar-refractivity contribution in [2.24, 2.45) is 5.10 Å². The maximum atomic E-state index is 11.9. The monoisotopic (exact) mass is 456 g/mol. The van der Waals surface area contributed by atoms with Gasteiger partial charge in [-0.05, 0) is 45.3 Å². The summed E-state index contributed by atoms with van der Waals surface area (Å²) >= 11 is 11.0. The number of benzene rings is 2. The van der Waals surface area contributed by atoms with Crippen LogP contribution in [0, 0.1) is 0 Å². The number of rotatable bonds is 8. The van der Waals surface area contributed by atoms with E-state index in [0.29, 0.717) is 22.3 Å². The first-order valence-electron chi connectivity index (χ1n) is 7.59. The average Bonchev–Trinajstić information content (AvgIpc) is 2.62. The quantitative estimate of drug-likeness (QED) is 0.468. The normalized spacial score (nSPS) is 10.8. The largest absolute Gasteiger partial charge is 0.493 e. The Hall–Kier alpha value is -1.70. The summed E-state index contributed by atoms with van der Waals surface area (Å²) in [4.78, 5) is 11.9. The molecule has 138 valence electrons. The summed E-state index contributed by atoms with van der Waals surface area (Å²) in [6.45, 7) is 0. The zero-order valence-corrected chi connectivity index (χ0v) is 17.5. The van der Waals surface area contributed by atoms with Crippen molar-refractivity contribution >= 4 is 51.4 Å². The number of hydrogen-bond donors (Lipinski definition) is 1. The first-order valence-corrected chi connectivity index (χ1v) is 9.92. The van der Waals surface area contributed by atoms with Gasteiger partial charge in [0.25, 0.3) is 0 Å². The van der Waals surface area contributed by atoms with Crippen molar-refractivity contribution in [1.82, 2.24) is 5.43 Å². The van der Waals surface area contributed by atoms with Crippen molar-refractivity contribution in [3.63, 3.8) is 0 Å². The number of methoxy groups -OCH3 is 2. The molecule has 26 heavy (non-hydrogen) atoms. The second-order valence-corrected chi connectivity index (χ2v) is 7.36. The number of thioether (sulfide) groups is 1. The van der Waals surface area contributed by atoms with E-state index in [2.05, 4.69) is 26.5 Å². The third-order valence-corrected chi connectivity index (χ3v) is 5.25. The van der Waals surface area contributed by atoms with E-state index in [1.807, 2.05) is 30.3 Å². The summed E-state index contributed by atoms with van der Waals surface area (Å²) in [6, 6.07) is 11.2. The summed E-state index contributed by atoms with van der Waals surface area (Å²) in [5.74, 6) is 1.95. The highest BCUT2D eigenvalue weighted by molar-refractivity contribution is 9.10. The molecule has 8 heteroatoms. The van der Waals surface area contributed by atoms with Crippen LogP contribution in [0.4, 0.5) is 0 Å². The molecule has 0 unspecified atom stereocenters. The van der Waals surface area contributed by atoms with Crippen LogP contribution in [0.1, 0.15) is 11.1 Å². The van der Waals surface area contributed by atoms with Crippen LogP contribution in [0.2, 0.25) is 5.02 Å². The van der Waals surface area contributed by atoms with Crippen molar-refractivity contribution in [3.05, 3.63) is 57.0 Å². The highest BCUT2D eigenvalue weighted by Crippen LogP contribution is 2.35. The van der Waals surface area contributed by atoms with Gasteiger partial charge in [-0.25, -0.2) is 5.43 Å². The van der Waals surface area contributed by atoms with Gasteiger partial charge >= 0.3 is 0 Å². The number of carbonyl (C=O) groups is 1. The number of carbonyl (C=O) groups excluding carboxylic acids is 1. The standard InChI is InChI=1S/C18H18BrClN2O3S/c1-24-16-8-12(7-14(19)18(16)25-2)9-21-22-17(23)11-26-10-13-5-3-4-6-15(13)20/h3-9H,10-11H2,1-2H3,(H,22,23)/b21-9-. The summed E-state index contributed by atoms with van der Waals surface area (Å²) in [5, 5.41) is 4.68.